The Hall–Kier alpha value is -0.980. The molecule has 1 rings (SSSR count). The summed E-state index contributed by atoms with van der Waals surface area (Å²) >= 11 is 0. The number of aryl methyl sites for hydroxylation is 1. The van der Waals surface area contributed by atoms with Crippen LogP contribution >= 0.6 is 0 Å². The lowest BCUT2D eigenvalue weighted by Gasteiger charge is -2.09. The Morgan fingerprint density at radius 2 is 1.92 bits per heavy atom. The molecule has 1 nitrogen and oxygen atoms in total. The van der Waals surface area contributed by atoms with Crippen molar-refractivity contribution >= 4 is 5.69 Å². The molecule has 0 amide bonds. The van der Waals surface area contributed by atoms with Crippen LogP contribution in [0.5, 0.6) is 0 Å². The molecule has 0 atom stereocenters. The van der Waals surface area contributed by atoms with Crippen LogP contribution in [-0.4, -0.2) is 7.05 Å². The molecule has 0 radical (unpaired) electrons. The van der Waals surface area contributed by atoms with E-state index in [1.807, 2.05) is 7.05 Å². The van der Waals surface area contributed by atoms with Crippen LogP contribution in [0, 0.1) is 6.92 Å². The van der Waals surface area contributed by atoms with E-state index in [0.717, 1.165) is 0 Å². The van der Waals surface area contributed by atoms with Crippen molar-refractivity contribution in [3.63, 3.8) is 0 Å². The van der Waals surface area contributed by atoms with Crippen LogP contribution in [0.4, 0.5) is 5.69 Å². The molecule has 12 heavy (non-hydrogen) atoms. The van der Waals surface area contributed by atoms with Crippen molar-refractivity contribution in [1.29, 1.82) is 0 Å². The van der Waals surface area contributed by atoms with Gasteiger partial charge in [-0.25, -0.2) is 0 Å². The summed E-state index contributed by atoms with van der Waals surface area (Å²) in [6.07, 6.45) is 0. The molecule has 0 spiro atoms. The molecule has 0 aliphatic rings. The van der Waals surface area contributed by atoms with E-state index in [0.29, 0.717) is 5.92 Å². The monoisotopic (exact) mass is 163 g/mol. The maximum atomic E-state index is 3.16. The minimum atomic E-state index is 0.620. The summed E-state index contributed by atoms with van der Waals surface area (Å²) in [5.41, 5.74) is 3.95. The Morgan fingerprint density at radius 1 is 1.25 bits per heavy atom. The van der Waals surface area contributed by atoms with Gasteiger partial charge in [0.2, 0.25) is 0 Å². The first-order valence-corrected chi connectivity index (χ1v) is 4.43. The maximum Gasteiger partial charge on any atom is 0.0367 e. The van der Waals surface area contributed by atoms with Gasteiger partial charge in [0.25, 0.3) is 0 Å². The topological polar surface area (TPSA) is 12.0 Å². The lowest BCUT2D eigenvalue weighted by molar-refractivity contribution is 0.865. The fraction of sp³-hybridized carbons (Fsp3) is 0.455. The van der Waals surface area contributed by atoms with E-state index in [9.17, 15) is 0 Å². The lowest BCUT2D eigenvalue weighted by atomic mass is 10.0. The Labute approximate surface area is 74.8 Å². The summed E-state index contributed by atoms with van der Waals surface area (Å²) in [5, 5.41) is 3.16. The van der Waals surface area contributed by atoms with Crippen molar-refractivity contribution in [2.45, 2.75) is 26.7 Å². The van der Waals surface area contributed by atoms with Crippen molar-refractivity contribution in [3.8, 4) is 0 Å². The Balaban J connectivity index is 3.02. The van der Waals surface area contributed by atoms with Gasteiger partial charge in [0.1, 0.15) is 0 Å². The largest absolute Gasteiger partial charge is 0.388 e. The van der Waals surface area contributed by atoms with Crippen molar-refractivity contribution in [3.05, 3.63) is 29.3 Å². The van der Waals surface area contributed by atoms with Gasteiger partial charge in [0, 0.05) is 12.7 Å². The second-order valence-corrected chi connectivity index (χ2v) is 3.48. The van der Waals surface area contributed by atoms with Crippen LogP contribution in [0.3, 0.4) is 0 Å². The van der Waals surface area contributed by atoms with Crippen LogP contribution < -0.4 is 5.32 Å². The van der Waals surface area contributed by atoms with Crippen molar-refractivity contribution in [1.82, 2.24) is 0 Å². The molecule has 1 aromatic rings. The number of hydrogen-bond donors (Lipinski definition) is 1. The van der Waals surface area contributed by atoms with E-state index in [2.05, 4.69) is 44.3 Å². The van der Waals surface area contributed by atoms with Gasteiger partial charge in [-0.1, -0.05) is 26.0 Å². The van der Waals surface area contributed by atoms with Gasteiger partial charge in [-0.15, -0.1) is 0 Å². The molecular formula is C11H17N. The van der Waals surface area contributed by atoms with Gasteiger partial charge in [0.15, 0.2) is 0 Å². The third-order valence-electron chi connectivity index (χ3n) is 2.19. The summed E-state index contributed by atoms with van der Waals surface area (Å²) in [4.78, 5) is 0. The predicted molar refractivity (Wildman–Crippen MR) is 54.8 cm³/mol. The highest BCUT2D eigenvalue weighted by atomic mass is 14.8. The normalized spacial score (nSPS) is 10.4. The molecule has 1 aromatic carbocycles. The Bertz CT molecular complexity index is 264. The third kappa shape index (κ3) is 1.79. The van der Waals surface area contributed by atoms with Gasteiger partial charge >= 0.3 is 0 Å². The number of anilines is 1. The van der Waals surface area contributed by atoms with E-state index >= 15 is 0 Å². The molecule has 0 heterocycles. The fourth-order valence-corrected chi connectivity index (χ4v) is 1.33. The predicted octanol–water partition coefficient (Wildman–Crippen LogP) is 3.16. The van der Waals surface area contributed by atoms with Crippen molar-refractivity contribution in [2.75, 3.05) is 12.4 Å². The first-order chi connectivity index (χ1) is 5.65. The molecule has 1 N–H and O–H groups in total. The minimum Gasteiger partial charge on any atom is -0.388 e. The van der Waals surface area contributed by atoms with Crippen molar-refractivity contribution < 1.29 is 0 Å². The number of benzene rings is 1. The Morgan fingerprint density at radius 3 is 2.33 bits per heavy atom. The summed E-state index contributed by atoms with van der Waals surface area (Å²) in [6.45, 7) is 6.57. The van der Waals surface area contributed by atoms with E-state index in [1.165, 1.54) is 16.8 Å². The van der Waals surface area contributed by atoms with Crippen LogP contribution in [0.1, 0.15) is 30.9 Å². The average Bonchev–Trinajstić information content (AvgIpc) is 2.04. The molecule has 0 aromatic heterocycles. The van der Waals surface area contributed by atoms with Gasteiger partial charge in [0.05, 0.1) is 0 Å². The number of hydrogen-bond acceptors (Lipinski definition) is 1. The summed E-state index contributed by atoms with van der Waals surface area (Å²) < 4.78 is 0. The highest BCUT2D eigenvalue weighted by molar-refractivity contribution is 5.51. The molecule has 0 aliphatic heterocycles. The highest BCUT2D eigenvalue weighted by Crippen LogP contribution is 2.20. The average molecular weight is 163 g/mol. The molecule has 0 bridgehead atoms. The zero-order valence-electron chi connectivity index (χ0n) is 8.31. The fourth-order valence-electron chi connectivity index (χ4n) is 1.33. The van der Waals surface area contributed by atoms with Gasteiger partial charge in [-0.2, -0.15) is 0 Å². The lowest BCUT2D eigenvalue weighted by Crippen LogP contribution is -1.94. The smallest absolute Gasteiger partial charge is 0.0367 e. The Kier molecular flexibility index (Phi) is 2.74. The zero-order chi connectivity index (χ0) is 9.14. The molecular weight excluding hydrogens is 146 g/mol. The second kappa shape index (κ2) is 3.61. The molecule has 0 fully saturated rings. The van der Waals surface area contributed by atoms with Crippen molar-refractivity contribution in [2.24, 2.45) is 0 Å². The van der Waals surface area contributed by atoms with Gasteiger partial charge < -0.3 is 5.32 Å². The summed E-state index contributed by atoms with van der Waals surface area (Å²) in [7, 11) is 1.96. The number of rotatable bonds is 2. The van der Waals surface area contributed by atoms with Crippen LogP contribution in [0.15, 0.2) is 18.2 Å². The zero-order valence-corrected chi connectivity index (χ0v) is 8.31. The van der Waals surface area contributed by atoms with E-state index < -0.39 is 0 Å². The maximum absolute atomic E-state index is 3.16. The SMILES string of the molecule is CNc1ccc(C(C)C)cc1C. The number of nitrogens with one attached hydrogen (secondary N) is 1. The first kappa shape index (κ1) is 9.11. The quantitative estimate of drug-likeness (QED) is 0.706. The molecule has 1 heteroatoms. The summed E-state index contributed by atoms with van der Waals surface area (Å²) in [6, 6.07) is 6.57. The van der Waals surface area contributed by atoms with Gasteiger partial charge in [-0.3, -0.25) is 0 Å². The minimum absolute atomic E-state index is 0.620. The summed E-state index contributed by atoms with van der Waals surface area (Å²) in [5.74, 6) is 0.620. The molecule has 0 unspecified atom stereocenters. The first-order valence-electron chi connectivity index (χ1n) is 4.43. The molecule has 0 saturated heterocycles. The molecule has 66 valence electrons. The van der Waals surface area contributed by atoms with Crippen LogP contribution in [0.2, 0.25) is 0 Å². The van der Waals surface area contributed by atoms with Crippen LogP contribution in [0.25, 0.3) is 0 Å². The van der Waals surface area contributed by atoms with Crippen LogP contribution in [-0.2, 0) is 0 Å². The van der Waals surface area contributed by atoms with Gasteiger partial charge in [-0.05, 0) is 30.0 Å². The third-order valence-corrected chi connectivity index (χ3v) is 2.19. The van der Waals surface area contributed by atoms with E-state index in [1.54, 1.807) is 0 Å². The second-order valence-electron chi connectivity index (χ2n) is 3.48. The van der Waals surface area contributed by atoms with E-state index in [-0.39, 0.29) is 0 Å². The standard InChI is InChI=1S/C11H17N/c1-8(2)10-5-6-11(12-4)9(3)7-10/h5-8,12H,1-4H3. The van der Waals surface area contributed by atoms with E-state index in [4.69, 9.17) is 0 Å². The molecule has 0 aliphatic carbocycles. The highest BCUT2D eigenvalue weighted by Gasteiger charge is 2.00. The molecule has 0 saturated carbocycles.